The number of carbonyl (C=O) groups is 1. The number of rotatable bonds is 1. The summed E-state index contributed by atoms with van der Waals surface area (Å²) in [5.74, 6) is -0.440. The number of hydrogen-bond acceptors (Lipinski definition) is 2. The van der Waals surface area contributed by atoms with Crippen molar-refractivity contribution in [1.82, 2.24) is 0 Å². The molecule has 0 unspecified atom stereocenters. The number of benzene rings is 2. The summed E-state index contributed by atoms with van der Waals surface area (Å²) in [6.45, 7) is 1.81. The molecule has 0 saturated carbocycles. The molecule has 0 radical (unpaired) electrons. The lowest BCUT2D eigenvalue weighted by atomic mass is 9.99. The number of hydrogen-bond donors (Lipinski definition) is 2. The average molecular weight is 200 g/mol. The number of fused-ring (bicyclic) bond motifs is 1. The molecule has 0 aliphatic carbocycles. The van der Waals surface area contributed by atoms with Crippen molar-refractivity contribution >= 4 is 22.4 Å². The van der Waals surface area contributed by atoms with Crippen molar-refractivity contribution in [3.63, 3.8) is 0 Å². The van der Waals surface area contributed by atoms with Gasteiger partial charge in [-0.15, -0.1) is 0 Å². The molecule has 4 N–H and O–H groups in total. The second kappa shape index (κ2) is 3.28. The molecule has 76 valence electrons. The zero-order valence-electron chi connectivity index (χ0n) is 8.45. The zero-order chi connectivity index (χ0) is 11.0. The molecule has 0 aromatic heterocycles. The van der Waals surface area contributed by atoms with Crippen LogP contribution in [0.3, 0.4) is 0 Å². The van der Waals surface area contributed by atoms with Crippen LogP contribution in [-0.4, -0.2) is 5.91 Å². The van der Waals surface area contributed by atoms with Crippen LogP contribution >= 0.6 is 0 Å². The summed E-state index contributed by atoms with van der Waals surface area (Å²) in [4.78, 5) is 11.2. The van der Waals surface area contributed by atoms with E-state index in [-0.39, 0.29) is 0 Å². The zero-order valence-corrected chi connectivity index (χ0v) is 8.45. The quantitative estimate of drug-likeness (QED) is 0.689. The molecule has 0 fully saturated rings. The minimum absolute atomic E-state index is 0.440. The molecule has 1 amide bonds. The molecule has 0 aliphatic rings. The maximum atomic E-state index is 11.2. The van der Waals surface area contributed by atoms with Gasteiger partial charge in [0.05, 0.1) is 0 Å². The van der Waals surface area contributed by atoms with Crippen LogP contribution in [0.1, 0.15) is 15.9 Å². The minimum atomic E-state index is -0.440. The Kier molecular flexibility index (Phi) is 2.08. The van der Waals surface area contributed by atoms with Gasteiger partial charge in [0.1, 0.15) is 0 Å². The summed E-state index contributed by atoms with van der Waals surface area (Å²) < 4.78 is 0. The van der Waals surface area contributed by atoms with Crippen molar-refractivity contribution in [2.75, 3.05) is 5.73 Å². The third-order valence-corrected chi connectivity index (χ3v) is 2.62. The van der Waals surface area contributed by atoms with Gasteiger partial charge in [0.2, 0.25) is 5.91 Å². The van der Waals surface area contributed by atoms with Gasteiger partial charge in [-0.25, -0.2) is 0 Å². The van der Waals surface area contributed by atoms with E-state index in [0.717, 1.165) is 16.3 Å². The van der Waals surface area contributed by atoms with E-state index in [1.165, 1.54) is 0 Å². The molecule has 0 bridgehead atoms. The topological polar surface area (TPSA) is 69.1 Å². The summed E-state index contributed by atoms with van der Waals surface area (Å²) in [7, 11) is 0. The summed E-state index contributed by atoms with van der Waals surface area (Å²) in [5, 5.41) is 1.90. The minimum Gasteiger partial charge on any atom is -0.398 e. The number of anilines is 1. The Bertz CT molecular complexity index is 547. The van der Waals surface area contributed by atoms with E-state index in [1.54, 1.807) is 6.07 Å². The van der Waals surface area contributed by atoms with Crippen molar-refractivity contribution in [3.8, 4) is 0 Å². The second-order valence-corrected chi connectivity index (χ2v) is 3.55. The first-order valence-electron chi connectivity index (χ1n) is 4.69. The fraction of sp³-hybridized carbons (Fsp3) is 0.0833. The summed E-state index contributed by atoms with van der Waals surface area (Å²) in [6, 6.07) is 9.45. The van der Waals surface area contributed by atoms with Gasteiger partial charge in [-0.2, -0.15) is 0 Å². The SMILES string of the molecule is Cc1c(C(N)=O)cc2ccccc2c1N. The molecule has 3 nitrogen and oxygen atoms in total. The molecule has 2 rings (SSSR count). The third-order valence-electron chi connectivity index (χ3n) is 2.62. The van der Waals surface area contributed by atoms with Crippen LogP contribution in [0.25, 0.3) is 10.8 Å². The molecule has 0 atom stereocenters. The highest BCUT2D eigenvalue weighted by Crippen LogP contribution is 2.27. The van der Waals surface area contributed by atoms with Crippen LogP contribution in [0.2, 0.25) is 0 Å². The first-order valence-corrected chi connectivity index (χ1v) is 4.69. The monoisotopic (exact) mass is 200 g/mol. The van der Waals surface area contributed by atoms with Crippen molar-refractivity contribution in [3.05, 3.63) is 41.5 Å². The Labute approximate surface area is 87.7 Å². The van der Waals surface area contributed by atoms with Crippen LogP contribution < -0.4 is 11.5 Å². The molecule has 15 heavy (non-hydrogen) atoms. The van der Waals surface area contributed by atoms with E-state index in [4.69, 9.17) is 11.5 Å². The van der Waals surface area contributed by atoms with Crippen LogP contribution in [0.4, 0.5) is 5.69 Å². The number of nitrogen functional groups attached to an aromatic ring is 1. The molecule has 0 saturated heterocycles. The molecule has 0 heterocycles. The number of amides is 1. The third kappa shape index (κ3) is 1.42. The van der Waals surface area contributed by atoms with E-state index in [9.17, 15) is 4.79 Å². The highest BCUT2D eigenvalue weighted by molar-refractivity contribution is 6.04. The Morgan fingerprint density at radius 3 is 2.60 bits per heavy atom. The fourth-order valence-corrected chi connectivity index (χ4v) is 1.73. The van der Waals surface area contributed by atoms with Gasteiger partial charge in [0, 0.05) is 16.6 Å². The van der Waals surface area contributed by atoms with Crippen LogP contribution in [0, 0.1) is 6.92 Å². The summed E-state index contributed by atoms with van der Waals surface area (Å²) >= 11 is 0. The Morgan fingerprint density at radius 2 is 1.93 bits per heavy atom. The summed E-state index contributed by atoms with van der Waals surface area (Å²) in [6.07, 6.45) is 0. The molecular formula is C12H12N2O. The van der Waals surface area contributed by atoms with Crippen molar-refractivity contribution < 1.29 is 4.79 Å². The predicted molar refractivity (Wildman–Crippen MR) is 61.6 cm³/mol. The van der Waals surface area contributed by atoms with E-state index < -0.39 is 5.91 Å². The van der Waals surface area contributed by atoms with Crippen LogP contribution in [-0.2, 0) is 0 Å². The van der Waals surface area contributed by atoms with Crippen molar-refractivity contribution in [1.29, 1.82) is 0 Å². The van der Waals surface area contributed by atoms with Gasteiger partial charge in [0.15, 0.2) is 0 Å². The number of carbonyl (C=O) groups excluding carboxylic acids is 1. The standard InChI is InChI=1S/C12H12N2O/c1-7-10(12(14)15)6-8-4-2-3-5-9(8)11(7)13/h2-6H,13H2,1H3,(H2,14,15). The Balaban J connectivity index is 2.88. The van der Waals surface area contributed by atoms with Crippen molar-refractivity contribution in [2.24, 2.45) is 5.73 Å². The lowest BCUT2D eigenvalue weighted by Crippen LogP contribution is -2.13. The molecule has 2 aromatic carbocycles. The number of primary amides is 1. The Hall–Kier alpha value is -2.03. The first kappa shape index (κ1) is 9.52. The van der Waals surface area contributed by atoms with E-state index in [0.29, 0.717) is 11.3 Å². The lowest BCUT2D eigenvalue weighted by Gasteiger charge is -2.09. The molecule has 3 heteroatoms. The highest BCUT2D eigenvalue weighted by atomic mass is 16.1. The molecular weight excluding hydrogens is 188 g/mol. The summed E-state index contributed by atoms with van der Waals surface area (Å²) in [5.41, 5.74) is 13.1. The van der Waals surface area contributed by atoms with Crippen LogP contribution in [0.15, 0.2) is 30.3 Å². The van der Waals surface area contributed by atoms with Gasteiger partial charge in [-0.3, -0.25) is 4.79 Å². The van der Waals surface area contributed by atoms with Gasteiger partial charge < -0.3 is 11.5 Å². The largest absolute Gasteiger partial charge is 0.398 e. The van der Waals surface area contributed by atoms with Gasteiger partial charge in [-0.05, 0) is 23.9 Å². The Morgan fingerprint density at radius 1 is 1.27 bits per heavy atom. The molecule has 0 spiro atoms. The normalized spacial score (nSPS) is 10.5. The van der Waals surface area contributed by atoms with Gasteiger partial charge in [-0.1, -0.05) is 24.3 Å². The number of nitrogens with two attached hydrogens (primary N) is 2. The second-order valence-electron chi connectivity index (χ2n) is 3.55. The average Bonchev–Trinajstić information content (AvgIpc) is 2.23. The van der Waals surface area contributed by atoms with Gasteiger partial charge in [0.25, 0.3) is 0 Å². The maximum absolute atomic E-state index is 11.2. The fourth-order valence-electron chi connectivity index (χ4n) is 1.73. The van der Waals surface area contributed by atoms with Gasteiger partial charge >= 0.3 is 0 Å². The molecule has 2 aromatic rings. The van der Waals surface area contributed by atoms with Crippen LogP contribution in [0.5, 0.6) is 0 Å². The van der Waals surface area contributed by atoms with Crippen molar-refractivity contribution in [2.45, 2.75) is 6.92 Å². The molecule has 0 aliphatic heterocycles. The van der Waals surface area contributed by atoms with E-state index in [1.807, 2.05) is 31.2 Å². The smallest absolute Gasteiger partial charge is 0.249 e. The maximum Gasteiger partial charge on any atom is 0.249 e. The first-order chi connectivity index (χ1) is 7.11. The lowest BCUT2D eigenvalue weighted by molar-refractivity contribution is 0.1000. The predicted octanol–water partition coefficient (Wildman–Crippen LogP) is 1.83. The van der Waals surface area contributed by atoms with E-state index in [2.05, 4.69) is 0 Å². The van der Waals surface area contributed by atoms with E-state index >= 15 is 0 Å². The highest BCUT2D eigenvalue weighted by Gasteiger charge is 2.10.